The van der Waals surface area contributed by atoms with Crippen molar-refractivity contribution in [2.75, 3.05) is 46.8 Å². The van der Waals surface area contributed by atoms with E-state index in [1.54, 1.807) is 31.0 Å². The molecule has 1 aromatic carbocycles. The number of likely N-dealkylation sites (N-methyl/N-ethyl adjacent to an activating group) is 1. The molecule has 178 valence electrons. The van der Waals surface area contributed by atoms with Gasteiger partial charge >= 0.3 is 12.0 Å². The minimum absolute atomic E-state index is 0.113. The normalized spacial score (nSPS) is 19.8. The van der Waals surface area contributed by atoms with Crippen LogP contribution in [0.2, 0.25) is 0 Å². The van der Waals surface area contributed by atoms with Crippen LogP contribution in [0.4, 0.5) is 9.18 Å². The molecule has 1 saturated heterocycles. The summed E-state index contributed by atoms with van der Waals surface area (Å²) in [4.78, 5) is 33.5. The number of fused-ring (bicyclic) bond motifs is 3. The van der Waals surface area contributed by atoms with Gasteiger partial charge in [-0.3, -0.25) is 4.90 Å². The Labute approximate surface area is 194 Å². The maximum absolute atomic E-state index is 13.9. The number of esters is 1. The molecular weight excluding hydrogens is 423 g/mol. The van der Waals surface area contributed by atoms with Crippen LogP contribution in [0.25, 0.3) is 16.5 Å². The van der Waals surface area contributed by atoms with Crippen LogP contribution in [0, 0.1) is 5.82 Å². The van der Waals surface area contributed by atoms with E-state index in [1.807, 2.05) is 18.7 Å². The fourth-order valence-electron chi connectivity index (χ4n) is 4.78. The third-order valence-electron chi connectivity index (χ3n) is 6.59. The smallest absolute Gasteiger partial charge is 0.342 e. The first-order valence-electron chi connectivity index (χ1n) is 11.5. The zero-order chi connectivity index (χ0) is 24.1. The molecule has 1 aromatic heterocycles. The summed E-state index contributed by atoms with van der Waals surface area (Å²) in [6, 6.07) is 4.47. The molecule has 3 heterocycles. The Morgan fingerprint density at radius 3 is 2.48 bits per heavy atom. The minimum atomic E-state index is -0.509. The average Bonchev–Trinajstić information content (AvgIpc) is 3.03. The van der Waals surface area contributed by atoms with Crippen LogP contribution in [0.1, 0.15) is 39.0 Å². The summed E-state index contributed by atoms with van der Waals surface area (Å²) in [6.07, 6.45) is 1.30. The van der Waals surface area contributed by atoms with Crippen LogP contribution in [0.3, 0.4) is 0 Å². The summed E-state index contributed by atoms with van der Waals surface area (Å²) < 4.78 is 20.4. The molecule has 0 spiro atoms. The van der Waals surface area contributed by atoms with E-state index >= 15 is 0 Å². The summed E-state index contributed by atoms with van der Waals surface area (Å²) >= 11 is 0. The highest BCUT2D eigenvalue weighted by atomic mass is 19.1. The lowest BCUT2D eigenvalue weighted by molar-refractivity contribution is -0.894. The van der Waals surface area contributed by atoms with Gasteiger partial charge in [0.05, 0.1) is 57.6 Å². The van der Waals surface area contributed by atoms with E-state index in [2.05, 4.69) is 19.1 Å². The number of H-pyrrole nitrogens is 1. The first kappa shape index (κ1) is 23.3. The van der Waals surface area contributed by atoms with Crippen LogP contribution in [0.15, 0.2) is 24.4 Å². The molecule has 0 aliphatic carbocycles. The number of aromatic nitrogens is 1. The second-order valence-corrected chi connectivity index (χ2v) is 10.7. The highest BCUT2D eigenvalue weighted by Gasteiger charge is 2.39. The Hall–Kier alpha value is -2.87. The number of piperazine rings is 1. The van der Waals surface area contributed by atoms with Gasteiger partial charge in [0.15, 0.2) is 0 Å². The molecule has 0 bridgehead atoms. The zero-order valence-electron chi connectivity index (χ0n) is 20.4. The lowest BCUT2D eigenvalue weighted by Gasteiger charge is -2.41. The van der Waals surface area contributed by atoms with Gasteiger partial charge < -0.3 is 19.1 Å². The Kier molecular flexibility index (Phi) is 5.76. The van der Waals surface area contributed by atoms with E-state index < -0.39 is 11.4 Å². The number of halogens is 1. The number of amides is 2. The molecule has 2 aliphatic heterocycles. The first-order chi connectivity index (χ1) is 15.4. The van der Waals surface area contributed by atoms with E-state index in [1.165, 1.54) is 12.1 Å². The molecule has 0 saturated carbocycles. The molecular formula is C25H34FN4O3+. The predicted molar refractivity (Wildman–Crippen MR) is 126 cm³/mol. The summed E-state index contributed by atoms with van der Waals surface area (Å²) in [5.41, 5.74) is 1.87. The van der Waals surface area contributed by atoms with Gasteiger partial charge in [0.1, 0.15) is 5.82 Å². The molecule has 33 heavy (non-hydrogen) atoms. The number of aromatic amines is 1. The molecule has 2 aliphatic rings. The Morgan fingerprint density at radius 2 is 1.85 bits per heavy atom. The van der Waals surface area contributed by atoms with Crippen molar-refractivity contribution < 1.29 is 23.2 Å². The van der Waals surface area contributed by atoms with Gasteiger partial charge in [0.25, 0.3) is 0 Å². The molecule has 7 nitrogen and oxygen atoms in total. The van der Waals surface area contributed by atoms with Crippen molar-refractivity contribution in [1.29, 1.82) is 0 Å². The molecule has 2 aromatic rings. The summed E-state index contributed by atoms with van der Waals surface area (Å²) in [6.45, 7) is 11.1. The van der Waals surface area contributed by atoms with E-state index in [9.17, 15) is 14.0 Å². The molecule has 4 rings (SSSR count). The van der Waals surface area contributed by atoms with Crippen molar-refractivity contribution in [3.05, 3.63) is 41.5 Å². The number of urea groups is 1. The second-order valence-electron chi connectivity index (χ2n) is 10.7. The number of nitrogens with one attached hydrogen (secondary N) is 1. The quantitative estimate of drug-likeness (QED) is 0.552. The second kappa shape index (κ2) is 8.17. The van der Waals surface area contributed by atoms with E-state index in [4.69, 9.17) is 4.74 Å². The van der Waals surface area contributed by atoms with Crippen molar-refractivity contribution >= 4 is 28.5 Å². The maximum Gasteiger partial charge on any atom is 0.342 e. The Morgan fingerprint density at radius 1 is 1.18 bits per heavy atom. The monoisotopic (exact) mass is 457 g/mol. The largest absolute Gasteiger partial charge is 0.459 e. The van der Waals surface area contributed by atoms with Crippen LogP contribution < -0.4 is 0 Å². The molecule has 1 N–H and O–H groups in total. The lowest BCUT2D eigenvalue weighted by Crippen LogP contribution is -2.58. The molecule has 1 fully saturated rings. The SMILES string of the molecule is CC(C)OC(=O)C1=CN(C(=O)N2CC[N+](C)(C)CC2)CC(C)(C)c2c1[nH]c1cc(F)ccc21. The van der Waals surface area contributed by atoms with E-state index in [0.717, 1.165) is 28.5 Å². The number of rotatable bonds is 2. The van der Waals surface area contributed by atoms with Crippen molar-refractivity contribution in [2.24, 2.45) is 0 Å². The minimum Gasteiger partial charge on any atom is -0.459 e. The van der Waals surface area contributed by atoms with Crippen molar-refractivity contribution in [1.82, 2.24) is 14.8 Å². The fourth-order valence-corrected chi connectivity index (χ4v) is 4.78. The van der Waals surface area contributed by atoms with Crippen LogP contribution in [-0.2, 0) is 14.9 Å². The number of quaternary nitrogens is 1. The molecule has 0 atom stereocenters. The topological polar surface area (TPSA) is 65.6 Å². The molecule has 8 heteroatoms. The van der Waals surface area contributed by atoms with Gasteiger partial charge in [-0.25, -0.2) is 14.0 Å². The number of carbonyl (C=O) groups excluding carboxylic acids is 2. The van der Waals surface area contributed by atoms with Gasteiger partial charge in [-0.05, 0) is 37.6 Å². The summed E-state index contributed by atoms with van der Waals surface area (Å²) in [7, 11) is 4.33. The van der Waals surface area contributed by atoms with Crippen molar-refractivity contribution in [2.45, 2.75) is 39.2 Å². The predicted octanol–water partition coefficient (Wildman–Crippen LogP) is 3.70. The Balaban J connectivity index is 1.80. The number of benzene rings is 1. The number of nitrogens with zero attached hydrogens (tertiary/aromatic N) is 3. The molecule has 2 amide bonds. The summed E-state index contributed by atoms with van der Waals surface area (Å²) in [5.74, 6) is -0.861. The first-order valence-corrected chi connectivity index (χ1v) is 11.5. The number of hydrogen-bond donors (Lipinski definition) is 1. The third-order valence-corrected chi connectivity index (χ3v) is 6.59. The van der Waals surface area contributed by atoms with Gasteiger partial charge in [0, 0.05) is 29.1 Å². The lowest BCUT2D eigenvalue weighted by atomic mass is 9.82. The van der Waals surface area contributed by atoms with Crippen molar-refractivity contribution in [3.8, 4) is 0 Å². The molecule has 0 radical (unpaired) electrons. The number of ether oxygens (including phenoxy) is 1. The van der Waals surface area contributed by atoms with Gasteiger partial charge in [0.2, 0.25) is 0 Å². The molecule has 0 unspecified atom stereocenters. The average molecular weight is 458 g/mol. The number of carbonyl (C=O) groups is 2. The van der Waals surface area contributed by atoms with Gasteiger partial charge in [-0.15, -0.1) is 0 Å². The van der Waals surface area contributed by atoms with Crippen LogP contribution >= 0.6 is 0 Å². The van der Waals surface area contributed by atoms with Crippen molar-refractivity contribution in [3.63, 3.8) is 0 Å². The fraction of sp³-hybridized carbons (Fsp3) is 0.520. The maximum atomic E-state index is 13.9. The van der Waals surface area contributed by atoms with Gasteiger partial charge in [-0.1, -0.05) is 13.8 Å². The summed E-state index contributed by atoms with van der Waals surface area (Å²) in [5, 5.41) is 0.839. The Bertz CT molecular complexity index is 1120. The van der Waals surface area contributed by atoms with E-state index in [-0.39, 0.29) is 23.5 Å². The van der Waals surface area contributed by atoms with Crippen LogP contribution in [-0.4, -0.2) is 84.2 Å². The van der Waals surface area contributed by atoms with E-state index in [0.29, 0.717) is 30.8 Å². The zero-order valence-corrected chi connectivity index (χ0v) is 20.4. The van der Waals surface area contributed by atoms with Crippen LogP contribution in [0.5, 0.6) is 0 Å². The highest BCUT2D eigenvalue weighted by Crippen LogP contribution is 2.40. The third kappa shape index (κ3) is 4.49. The number of hydrogen-bond acceptors (Lipinski definition) is 3. The standard InChI is InChI=1S/C25H34FN4O3/c1-16(2)33-23(31)19-14-29(24(32)28-9-11-30(5,6)12-10-28)15-25(3,4)21-18-8-7-17(26)13-20(18)27-22(19)21/h7-8,13-14,16,27H,9-12,15H2,1-6H3/q+1. The highest BCUT2D eigenvalue weighted by molar-refractivity contribution is 6.18. The van der Waals surface area contributed by atoms with Gasteiger partial charge in [-0.2, -0.15) is 0 Å².